The first kappa shape index (κ1) is 17.4. The number of hydrogen-bond donors (Lipinski definition) is 2. The lowest BCUT2D eigenvalue weighted by atomic mass is 10.3. The van der Waals surface area contributed by atoms with Gasteiger partial charge in [0.2, 0.25) is 0 Å². The minimum atomic E-state index is 0.449. The molecule has 0 unspecified atom stereocenters. The number of nitrogens with one attached hydrogen (secondary N) is 2. The van der Waals surface area contributed by atoms with Gasteiger partial charge < -0.3 is 20.1 Å². The molecule has 0 saturated heterocycles. The van der Waals surface area contributed by atoms with Crippen LogP contribution in [0.4, 0.5) is 11.4 Å². The Morgan fingerprint density at radius 3 is 2.35 bits per heavy atom. The summed E-state index contributed by atoms with van der Waals surface area (Å²) >= 11 is 11.6. The molecule has 2 rings (SSSR count). The summed E-state index contributed by atoms with van der Waals surface area (Å²) in [7, 11) is 0. The Balaban J connectivity index is 2.00. The second-order valence-electron chi connectivity index (χ2n) is 4.59. The highest BCUT2D eigenvalue weighted by Gasteiger charge is 2.08. The fourth-order valence-electron chi connectivity index (χ4n) is 1.96. The van der Waals surface area contributed by atoms with Crippen molar-refractivity contribution in [2.75, 3.05) is 23.8 Å². The van der Waals surface area contributed by atoms with Gasteiger partial charge in [-0.05, 0) is 62.5 Å². The number of thiocarbonyl (C=S) groups is 1. The van der Waals surface area contributed by atoms with Gasteiger partial charge in [0.15, 0.2) is 5.11 Å². The summed E-state index contributed by atoms with van der Waals surface area (Å²) in [6.45, 7) is 5.05. The third kappa shape index (κ3) is 5.01. The van der Waals surface area contributed by atoms with Crippen molar-refractivity contribution in [1.29, 1.82) is 0 Å². The average Bonchev–Trinajstić information content (AvgIpc) is 2.53. The van der Waals surface area contributed by atoms with Gasteiger partial charge in [-0.15, -0.1) is 0 Å². The monoisotopic (exact) mass is 350 g/mol. The SMILES string of the molecule is CCOc1ccc(NC(=S)Nc2cccc(OCC)c2Cl)cc1. The second kappa shape index (κ2) is 8.60. The van der Waals surface area contributed by atoms with Crippen LogP contribution in [-0.4, -0.2) is 18.3 Å². The van der Waals surface area contributed by atoms with Crippen molar-refractivity contribution < 1.29 is 9.47 Å². The van der Waals surface area contributed by atoms with Crippen LogP contribution in [0.2, 0.25) is 5.02 Å². The van der Waals surface area contributed by atoms with Crippen LogP contribution in [0.5, 0.6) is 11.5 Å². The van der Waals surface area contributed by atoms with Crippen LogP contribution in [0, 0.1) is 0 Å². The van der Waals surface area contributed by atoms with Crippen LogP contribution in [0.1, 0.15) is 13.8 Å². The number of anilines is 2. The minimum absolute atomic E-state index is 0.449. The smallest absolute Gasteiger partial charge is 0.175 e. The Kier molecular flexibility index (Phi) is 6.50. The van der Waals surface area contributed by atoms with Gasteiger partial charge in [0.05, 0.1) is 18.9 Å². The third-order valence-electron chi connectivity index (χ3n) is 2.93. The molecule has 0 atom stereocenters. The molecule has 0 spiro atoms. The Labute approximate surface area is 146 Å². The molecule has 0 fully saturated rings. The average molecular weight is 351 g/mol. The maximum atomic E-state index is 6.30. The van der Waals surface area contributed by atoms with E-state index in [9.17, 15) is 0 Å². The van der Waals surface area contributed by atoms with Crippen molar-refractivity contribution in [1.82, 2.24) is 0 Å². The number of ether oxygens (including phenoxy) is 2. The molecule has 2 N–H and O–H groups in total. The molecule has 0 radical (unpaired) electrons. The highest BCUT2D eigenvalue weighted by atomic mass is 35.5. The van der Waals surface area contributed by atoms with E-state index in [1.165, 1.54) is 0 Å². The maximum Gasteiger partial charge on any atom is 0.175 e. The summed E-state index contributed by atoms with van der Waals surface area (Å²) in [6.07, 6.45) is 0. The summed E-state index contributed by atoms with van der Waals surface area (Å²) < 4.78 is 10.9. The molecule has 0 aromatic heterocycles. The first-order valence-electron chi connectivity index (χ1n) is 7.36. The molecule has 0 aliphatic carbocycles. The highest BCUT2D eigenvalue weighted by Crippen LogP contribution is 2.32. The molecule has 0 bridgehead atoms. The molecule has 0 aliphatic rings. The first-order valence-corrected chi connectivity index (χ1v) is 8.14. The first-order chi connectivity index (χ1) is 11.1. The standard InChI is InChI=1S/C17H19ClN2O2S/c1-3-21-13-10-8-12(9-11-13)19-17(23)20-14-6-5-7-15(16(14)18)22-4-2/h5-11H,3-4H2,1-2H3,(H2,19,20,23). The minimum Gasteiger partial charge on any atom is -0.494 e. The van der Waals surface area contributed by atoms with Crippen LogP contribution < -0.4 is 20.1 Å². The van der Waals surface area contributed by atoms with Gasteiger partial charge in [0, 0.05) is 5.69 Å². The van der Waals surface area contributed by atoms with E-state index in [1.54, 1.807) is 0 Å². The lowest BCUT2D eigenvalue weighted by molar-refractivity contribution is 0.340. The van der Waals surface area contributed by atoms with Gasteiger partial charge in [-0.2, -0.15) is 0 Å². The molecule has 0 aliphatic heterocycles. The van der Waals surface area contributed by atoms with E-state index >= 15 is 0 Å². The number of hydrogen-bond acceptors (Lipinski definition) is 3. The summed E-state index contributed by atoms with van der Waals surface area (Å²) in [5, 5.41) is 7.13. The molecule has 122 valence electrons. The van der Waals surface area contributed by atoms with Crippen molar-refractivity contribution in [3.8, 4) is 11.5 Å². The summed E-state index contributed by atoms with van der Waals surface area (Å²) in [5.41, 5.74) is 1.56. The van der Waals surface area contributed by atoms with E-state index in [0.717, 1.165) is 11.4 Å². The van der Waals surface area contributed by atoms with E-state index in [-0.39, 0.29) is 0 Å². The van der Waals surface area contributed by atoms with E-state index in [0.29, 0.717) is 34.8 Å². The molecule has 0 amide bonds. The highest BCUT2D eigenvalue weighted by molar-refractivity contribution is 7.80. The summed E-state index contributed by atoms with van der Waals surface area (Å²) in [5.74, 6) is 1.45. The van der Waals surface area contributed by atoms with Crippen molar-refractivity contribution in [2.24, 2.45) is 0 Å². The van der Waals surface area contributed by atoms with E-state index in [1.807, 2.05) is 56.3 Å². The summed E-state index contributed by atoms with van der Waals surface area (Å²) in [6, 6.07) is 13.1. The molecular formula is C17H19ClN2O2S. The molecule has 2 aromatic rings. The predicted molar refractivity (Wildman–Crippen MR) is 100 cm³/mol. The third-order valence-corrected chi connectivity index (χ3v) is 3.53. The number of rotatable bonds is 6. The molecule has 4 nitrogen and oxygen atoms in total. The molecule has 23 heavy (non-hydrogen) atoms. The number of benzene rings is 2. The van der Waals surface area contributed by atoms with E-state index in [4.69, 9.17) is 33.3 Å². The quantitative estimate of drug-likeness (QED) is 0.722. The van der Waals surface area contributed by atoms with Crippen LogP contribution in [0.25, 0.3) is 0 Å². The van der Waals surface area contributed by atoms with Gasteiger partial charge in [0.1, 0.15) is 16.5 Å². The molecule has 6 heteroatoms. The van der Waals surface area contributed by atoms with Gasteiger partial charge in [0.25, 0.3) is 0 Å². The van der Waals surface area contributed by atoms with Crippen molar-refractivity contribution in [3.05, 3.63) is 47.5 Å². The van der Waals surface area contributed by atoms with Crippen molar-refractivity contribution in [2.45, 2.75) is 13.8 Å². The Hall–Kier alpha value is -1.98. The number of halogens is 1. The van der Waals surface area contributed by atoms with Gasteiger partial charge in [-0.25, -0.2) is 0 Å². The molecule has 2 aromatic carbocycles. The van der Waals surface area contributed by atoms with Gasteiger partial charge >= 0.3 is 0 Å². The van der Waals surface area contributed by atoms with Crippen LogP contribution in [-0.2, 0) is 0 Å². The Morgan fingerprint density at radius 2 is 1.70 bits per heavy atom. The fraction of sp³-hybridized carbons (Fsp3) is 0.235. The Morgan fingerprint density at radius 1 is 1.00 bits per heavy atom. The second-order valence-corrected chi connectivity index (χ2v) is 5.37. The normalized spacial score (nSPS) is 10.0. The largest absolute Gasteiger partial charge is 0.494 e. The van der Waals surface area contributed by atoms with Crippen LogP contribution >= 0.6 is 23.8 Å². The summed E-state index contributed by atoms with van der Waals surface area (Å²) in [4.78, 5) is 0. The van der Waals surface area contributed by atoms with Gasteiger partial charge in [-0.3, -0.25) is 0 Å². The zero-order valence-electron chi connectivity index (χ0n) is 13.1. The Bertz CT molecular complexity index is 662. The van der Waals surface area contributed by atoms with Crippen LogP contribution in [0.3, 0.4) is 0 Å². The lowest BCUT2D eigenvalue weighted by Crippen LogP contribution is -2.19. The topological polar surface area (TPSA) is 42.5 Å². The van der Waals surface area contributed by atoms with E-state index in [2.05, 4.69) is 10.6 Å². The van der Waals surface area contributed by atoms with Crippen LogP contribution in [0.15, 0.2) is 42.5 Å². The molecule has 0 saturated carbocycles. The maximum absolute atomic E-state index is 6.30. The fourth-order valence-corrected chi connectivity index (χ4v) is 2.42. The lowest BCUT2D eigenvalue weighted by Gasteiger charge is -2.14. The van der Waals surface area contributed by atoms with E-state index < -0.39 is 0 Å². The zero-order chi connectivity index (χ0) is 16.7. The molecule has 0 heterocycles. The predicted octanol–water partition coefficient (Wildman–Crippen LogP) is 4.95. The molecular weight excluding hydrogens is 332 g/mol. The zero-order valence-corrected chi connectivity index (χ0v) is 14.6. The van der Waals surface area contributed by atoms with Gasteiger partial charge in [-0.1, -0.05) is 17.7 Å². The van der Waals surface area contributed by atoms with Crippen molar-refractivity contribution in [3.63, 3.8) is 0 Å². The van der Waals surface area contributed by atoms with Crippen molar-refractivity contribution >= 4 is 40.3 Å².